The van der Waals surface area contributed by atoms with Gasteiger partial charge in [-0.15, -0.1) is 18.3 Å². The van der Waals surface area contributed by atoms with E-state index in [9.17, 15) is 22.8 Å². The Labute approximate surface area is 265 Å². The Hall–Kier alpha value is -4.56. The molecule has 1 aromatic heterocycles. The molecule has 15 heteroatoms. The number of nitrogens with one attached hydrogen (secondary N) is 1. The van der Waals surface area contributed by atoms with Crippen LogP contribution < -0.4 is 19.7 Å². The predicted octanol–water partition coefficient (Wildman–Crippen LogP) is 7.50. The average molecular weight is 659 g/mol. The molecule has 3 aromatic carbocycles. The molecule has 10 nitrogen and oxygen atoms in total. The van der Waals surface area contributed by atoms with Crippen molar-refractivity contribution in [1.82, 2.24) is 14.8 Å². The normalized spacial score (nSPS) is 14.4. The highest BCUT2D eigenvalue weighted by Gasteiger charge is 2.33. The summed E-state index contributed by atoms with van der Waals surface area (Å²) >= 11 is 7.58. The fourth-order valence-corrected chi connectivity index (χ4v) is 5.48. The maximum Gasteiger partial charge on any atom is 0.573 e. The minimum Gasteiger partial charge on any atom is -0.484 e. The summed E-state index contributed by atoms with van der Waals surface area (Å²) in [6, 6.07) is 15.0. The van der Waals surface area contributed by atoms with Crippen molar-refractivity contribution in [2.45, 2.75) is 39.7 Å². The summed E-state index contributed by atoms with van der Waals surface area (Å²) in [6.45, 7) is 5.95. The number of carbonyl (C=O) groups is 2. The van der Waals surface area contributed by atoms with Crippen LogP contribution in [0.1, 0.15) is 36.7 Å². The van der Waals surface area contributed by atoms with Gasteiger partial charge in [0.05, 0.1) is 22.2 Å². The van der Waals surface area contributed by atoms with E-state index in [0.717, 1.165) is 11.1 Å². The van der Waals surface area contributed by atoms with Gasteiger partial charge in [0.15, 0.2) is 11.0 Å². The van der Waals surface area contributed by atoms with Gasteiger partial charge in [0.25, 0.3) is 0 Å². The van der Waals surface area contributed by atoms with E-state index in [2.05, 4.69) is 25.1 Å². The molecule has 0 unspecified atom stereocenters. The molecular formula is C30H26ClF3N6O4S. The van der Waals surface area contributed by atoms with E-state index in [1.165, 1.54) is 58.0 Å². The minimum atomic E-state index is -4.78. The summed E-state index contributed by atoms with van der Waals surface area (Å²) in [6.07, 6.45) is -3.39. The van der Waals surface area contributed by atoms with E-state index in [1.807, 2.05) is 39.0 Å². The number of aryl methyl sites for hydroxylation is 1. The van der Waals surface area contributed by atoms with Crippen LogP contribution in [0.4, 0.5) is 29.3 Å². The first-order chi connectivity index (χ1) is 21.4. The van der Waals surface area contributed by atoms with Gasteiger partial charge >= 0.3 is 12.4 Å². The van der Waals surface area contributed by atoms with Crippen LogP contribution in [-0.2, 0) is 11.4 Å². The number of anilines is 2. The van der Waals surface area contributed by atoms with Gasteiger partial charge in [-0.05, 0) is 72.5 Å². The number of carbonyl (C=O) groups excluding carboxylic acids is 2. The summed E-state index contributed by atoms with van der Waals surface area (Å²) in [5.41, 5.74) is 3.50. The van der Waals surface area contributed by atoms with Crippen molar-refractivity contribution in [2.75, 3.05) is 16.0 Å². The molecule has 1 N–H and O–H groups in total. The van der Waals surface area contributed by atoms with Gasteiger partial charge in [-0.1, -0.05) is 49.3 Å². The van der Waals surface area contributed by atoms with Gasteiger partial charge < -0.3 is 14.8 Å². The highest BCUT2D eigenvalue weighted by atomic mass is 35.5. The summed E-state index contributed by atoms with van der Waals surface area (Å²) in [4.78, 5) is 35.4. The number of benzene rings is 3. The smallest absolute Gasteiger partial charge is 0.484 e. The summed E-state index contributed by atoms with van der Waals surface area (Å²) < 4.78 is 48.1. The quantitative estimate of drug-likeness (QED) is 0.209. The number of urea groups is 1. The van der Waals surface area contributed by atoms with Crippen molar-refractivity contribution in [2.24, 2.45) is 4.99 Å². The van der Waals surface area contributed by atoms with Gasteiger partial charge in [0.2, 0.25) is 5.91 Å². The van der Waals surface area contributed by atoms with Crippen LogP contribution in [0.3, 0.4) is 0 Å². The van der Waals surface area contributed by atoms with Crippen LogP contribution >= 0.6 is 23.4 Å². The molecule has 1 aliphatic rings. The van der Waals surface area contributed by atoms with Crippen molar-refractivity contribution in [1.29, 1.82) is 0 Å². The molecule has 0 aliphatic carbocycles. The molecule has 2 heterocycles. The van der Waals surface area contributed by atoms with Crippen LogP contribution in [0.5, 0.6) is 11.5 Å². The fraction of sp³-hybridized carbons (Fsp3) is 0.233. The summed E-state index contributed by atoms with van der Waals surface area (Å²) in [7, 11) is 0. The molecular weight excluding hydrogens is 633 g/mol. The Morgan fingerprint density at radius 3 is 2.58 bits per heavy atom. The van der Waals surface area contributed by atoms with E-state index in [0.29, 0.717) is 22.8 Å². The zero-order valence-electron chi connectivity index (χ0n) is 24.1. The molecule has 5 rings (SSSR count). The van der Waals surface area contributed by atoms with E-state index in [-0.39, 0.29) is 45.9 Å². The third kappa shape index (κ3) is 7.94. The number of aromatic nitrogens is 3. The van der Waals surface area contributed by atoms with Gasteiger partial charge in [0.1, 0.15) is 24.4 Å². The Morgan fingerprint density at radius 2 is 1.89 bits per heavy atom. The molecule has 0 bridgehead atoms. The molecule has 1 saturated heterocycles. The molecule has 0 radical (unpaired) electrons. The first-order valence-electron chi connectivity index (χ1n) is 13.5. The lowest BCUT2D eigenvalue weighted by Crippen LogP contribution is -2.31. The van der Waals surface area contributed by atoms with Gasteiger partial charge in [0, 0.05) is 5.69 Å². The number of nitrogens with zero attached hydrogens (tertiary/aromatic N) is 5. The largest absolute Gasteiger partial charge is 0.573 e. The average Bonchev–Trinajstić information content (AvgIpc) is 3.58. The standard InChI is InChI=1S/C30H26ClF3N6O4S/c1-17(2)22-10-4-18(3)12-24(22)40-27(41)15-45-29(40)37-28(42)36-19-5-11-25(23(31)13-19)43-14-26-35-16-39(38-26)20-6-8-21(9-7-20)44-30(32,33)34/h4-13,16-17H,14-15H2,1-3H3,(H,36,42)/b37-29-. The maximum absolute atomic E-state index is 12.8. The number of amides is 3. The summed E-state index contributed by atoms with van der Waals surface area (Å²) in [5, 5.41) is 7.42. The zero-order valence-corrected chi connectivity index (χ0v) is 25.7. The highest BCUT2D eigenvalue weighted by molar-refractivity contribution is 8.15. The number of hydrogen-bond acceptors (Lipinski definition) is 7. The number of halogens is 4. The number of amidine groups is 1. The first kappa shape index (κ1) is 31.9. The second-order valence-electron chi connectivity index (χ2n) is 10.1. The monoisotopic (exact) mass is 658 g/mol. The van der Waals surface area contributed by atoms with Crippen molar-refractivity contribution in [3.8, 4) is 17.2 Å². The molecule has 0 atom stereocenters. The summed E-state index contributed by atoms with van der Waals surface area (Å²) in [5.74, 6) is 0.411. The SMILES string of the molecule is Cc1ccc(C(C)C)c(N2C(=O)CS/C2=N\C(=O)Nc2ccc(OCc3ncn(-c4ccc(OC(F)(F)F)cc4)n3)c(Cl)c2)c1. The van der Waals surface area contributed by atoms with E-state index >= 15 is 0 Å². The molecule has 45 heavy (non-hydrogen) atoms. The minimum absolute atomic E-state index is 0.0558. The van der Waals surface area contributed by atoms with Gasteiger partial charge in [-0.25, -0.2) is 14.5 Å². The first-order valence-corrected chi connectivity index (χ1v) is 14.9. The lowest BCUT2D eigenvalue weighted by atomic mass is 9.99. The number of ether oxygens (including phenoxy) is 2. The molecule has 234 valence electrons. The van der Waals surface area contributed by atoms with Crippen molar-refractivity contribution in [3.05, 3.63) is 89.0 Å². The lowest BCUT2D eigenvalue weighted by Gasteiger charge is -2.22. The second kappa shape index (κ2) is 13.2. The molecule has 3 amide bonds. The number of hydrogen-bond donors (Lipinski definition) is 1. The number of aliphatic imine (C=N–C) groups is 1. The topological polar surface area (TPSA) is 111 Å². The van der Waals surface area contributed by atoms with Crippen LogP contribution in [-0.4, -0.2) is 44.0 Å². The Balaban J connectivity index is 1.21. The van der Waals surface area contributed by atoms with Crippen molar-refractivity contribution in [3.63, 3.8) is 0 Å². The van der Waals surface area contributed by atoms with Crippen LogP contribution in [0, 0.1) is 6.92 Å². The zero-order chi connectivity index (χ0) is 32.3. The van der Waals surface area contributed by atoms with Crippen LogP contribution in [0.2, 0.25) is 5.02 Å². The lowest BCUT2D eigenvalue weighted by molar-refractivity contribution is -0.274. The van der Waals surface area contributed by atoms with Crippen molar-refractivity contribution < 1.29 is 32.2 Å². The van der Waals surface area contributed by atoms with Crippen molar-refractivity contribution >= 4 is 51.8 Å². The Kier molecular flexibility index (Phi) is 9.34. The molecule has 0 saturated carbocycles. The Morgan fingerprint density at radius 1 is 1.13 bits per heavy atom. The Bertz CT molecular complexity index is 1760. The maximum atomic E-state index is 12.8. The van der Waals surface area contributed by atoms with E-state index in [4.69, 9.17) is 16.3 Å². The molecule has 1 fully saturated rings. The second-order valence-corrected chi connectivity index (χ2v) is 11.5. The van der Waals surface area contributed by atoms with Gasteiger partial charge in [-0.2, -0.15) is 4.99 Å². The third-order valence-electron chi connectivity index (χ3n) is 6.43. The van der Waals surface area contributed by atoms with Crippen LogP contribution in [0.25, 0.3) is 5.69 Å². The van der Waals surface area contributed by atoms with E-state index in [1.54, 1.807) is 12.1 Å². The third-order valence-corrected chi connectivity index (χ3v) is 7.64. The van der Waals surface area contributed by atoms with Crippen LogP contribution in [0.15, 0.2) is 72.0 Å². The van der Waals surface area contributed by atoms with Gasteiger partial charge in [-0.3, -0.25) is 9.69 Å². The number of thioether (sulfide) groups is 1. The number of alkyl halides is 3. The molecule has 1 aliphatic heterocycles. The fourth-order valence-electron chi connectivity index (χ4n) is 4.38. The molecule has 0 spiro atoms. The number of rotatable bonds is 8. The molecule has 4 aromatic rings. The van der Waals surface area contributed by atoms with E-state index < -0.39 is 12.4 Å². The predicted molar refractivity (Wildman–Crippen MR) is 165 cm³/mol. The highest BCUT2D eigenvalue weighted by Crippen LogP contribution is 2.34.